The molecule has 1 N–H and O–H groups in total. The zero-order chi connectivity index (χ0) is 15.9. The molecule has 0 aromatic rings. The standard InChI is InChI=1S/C20H42O/c1-5-9-12-18(7-3)16-20(14-11-15-21)17-19(8-4)13-10-6-2/h18-21H,5-17H2,1-4H3. The second kappa shape index (κ2) is 14.9. The van der Waals surface area contributed by atoms with E-state index in [0.29, 0.717) is 6.61 Å². The summed E-state index contributed by atoms with van der Waals surface area (Å²) in [4.78, 5) is 0. The Bertz CT molecular complexity index is 184. The van der Waals surface area contributed by atoms with E-state index in [1.54, 1.807) is 0 Å². The fourth-order valence-electron chi connectivity index (χ4n) is 3.62. The van der Waals surface area contributed by atoms with Gasteiger partial charge in [-0.3, -0.25) is 0 Å². The number of hydrogen-bond donors (Lipinski definition) is 1. The Balaban J connectivity index is 4.38. The first-order chi connectivity index (χ1) is 10.2. The average Bonchev–Trinajstić information content (AvgIpc) is 2.52. The van der Waals surface area contributed by atoms with Crippen LogP contribution in [-0.2, 0) is 0 Å². The lowest BCUT2D eigenvalue weighted by molar-refractivity contribution is 0.226. The van der Waals surface area contributed by atoms with Gasteiger partial charge >= 0.3 is 0 Å². The Hall–Kier alpha value is -0.0400. The van der Waals surface area contributed by atoms with Crippen LogP contribution in [-0.4, -0.2) is 11.7 Å². The lowest BCUT2D eigenvalue weighted by Crippen LogP contribution is -2.14. The molecule has 1 nitrogen and oxygen atoms in total. The van der Waals surface area contributed by atoms with Crippen LogP contribution in [0, 0.1) is 17.8 Å². The van der Waals surface area contributed by atoms with Crippen molar-refractivity contribution in [3.05, 3.63) is 0 Å². The molecule has 2 atom stereocenters. The van der Waals surface area contributed by atoms with Crippen molar-refractivity contribution in [2.75, 3.05) is 6.61 Å². The maximum absolute atomic E-state index is 9.18. The van der Waals surface area contributed by atoms with Crippen LogP contribution in [0.5, 0.6) is 0 Å². The van der Waals surface area contributed by atoms with E-state index in [4.69, 9.17) is 0 Å². The van der Waals surface area contributed by atoms with Gasteiger partial charge in [0.1, 0.15) is 0 Å². The molecule has 2 unspecified atom stereocenters. The lowest BCUT2D eigenvalue weighted by Gasteiger charge is -2.26. The summed E-state index contributed by atoms with van der Waals surface area (Å²) in [6.07, 6.45) is 16.0. The van der Waals surface area contributed by atoms with Gasteiger partial charge in [-0.1, -0.05) is 79.1 Å². The first kappa shape index (κ1) is 21.0. The van der Waals surface area contributed by atoms with Crippen LogP contribution < -0.4 is 0 Å². The maximum Gasteiger partial charge on any atom is 0.0431 e. The van der Waals surface area contributed by atoms with Gasteiger partial charge in [0.25, 0.3) is 0 Å². The summed E-state index contributed by atoms with van der Waals surface area (Å²) >= 11 is 0. The van der Waals surface area contributed by atoms with E-state index in [1.807, 2.05) is 0 Å². The van der Waals surface area contributed by atoms with E-state index in [2.05, 4.69) is 27.7 Å². The van der Waals surface area contributed by atoms with Gasteiger partial charge < -0.3 is 5.11 Å². The summed E-state index contributed by atoms with van der Waals surface area (Å²) in [6.45, 7) is 9.69. The molecule has 0 aliphatic rings. The normalized spacial score (nSPS) is 15.9. The van der Waals surface area contributed by atoms with Gasteiger partial charge in [0.15, 0.2) is 0 Å². The Morgan fingerprint density at radius 3 is 1.38 bits per heavy atom. The van der Waals surface area contributed by atoms with Gasteiger partial charge in [-0.25, -0.2) is 0 Å². The second-order valence-electron chi connectivity index (χ2n) is 7.04. The number of aliphatic hydroxyl groups is 1. The zero-order valence-electron chi connectivity index (χ0n) is 15.4. The summed E-state index contributed by atoms with van der Waals surface area (Å²) in [7, 11) is 0. The van der Waals surface area contributed by atoms with Gasteiger partial charge in [0.05, 0.1) is 0 Å². The second-order valence-corrected chi connectivity index (χ2v) is 7.04. The van der Waals surface area contributed by atoms with Gasteiger partial charge in [0.2, 0.25) is 0 Å². The summed E-state index contributed by atoms with van der Waals surface area (Å²) < 4.78 is 0. The van der Waals surface area contributed by atoms with Crippen molar-refractivity contribution in [1.29, 1.82) is 0 Å². The molecule has 0 saturated heterocycles. The molecular formula is C20H42O. The van der Waals surface area contributed by atoms with Crippen molar-refractivity contribution in [2.24, 2.45) is 17.8 Å². The summed E-state index contributed by atoms with van der Waals surface area (Å²) in [5.41, 5.74) is 0. The van der Waals surface area contributed by atoms with Crippen molar-refractivity contribution < 1.29 is 5.11 Å². The smallest absolute Gasteiger partial charge is 0.0431 e. The summed E-state index contributed by atoms with van der Waals surface area (Å²) in [6, 6.07) is 0. The first-order valence-electron chi connectivity index (χ1n) is 9.82. The molecule has 0 radical (unpaired) electrons. The lowest BCUT2D eigenvalue weighted by atomic mass is 9.80. The molecule has 0 aromatic carbocycles. The van der Waals surface area contributed by atoms with Crippen LogP contribution in [0.4, 0.5) is 0 Å². The predicted octanol–water partition coefficient (Wildman–Crippen LogP) is 6.59. The van der Waals surface area contributed by atoms with Crippen LogP contribution in [0.2, 0.25) is 0 Å². The van der Waals surface area contributed by atoms with Gasteiger partial charge in [-0.15, -0.1) is 0 Å². The third kappa shape index (κ3) is 11.2. The molecule has 1 heteroatoms. The molecule has 0 heterocycles. The Morgan fingerprint density at radius 1 is 0.619 bits per heavy atom. The maximum atomic E-state index is 9.18. The fraction of sp³-hybridized carbons (Fsp3) is 1.00. The molecule has 0 aromatic heterocycles. The minimum atomic E-state index is 0.369. The Labute approximate surface area is 134 Å². The predicted molar refractivity (Wildman–Crippen MR) is 95.7 cm³/mol. The third-order valence-corrected chi connectivity index (χ3v) is 5.19. The average molecular weight is 299 g/mol. The first-order valence-corrected chi connectivity index (χ1v) is 9.82. The minimum Gasteiger partial charge on any atom is -0.396 e. The number of hydrogen-bond acceptors (Lipinski definition) is 1. The van der Waals surface area contributed by atoms with Gasteiger partial charge in [0, 0.05) is 6.61 Å². The van der Waals surface area contributed by atoms with Crippen molar-refractivity contribution in [2.45, 2.75) is 105 Å². The number of rotatable bonds is 15. The molecule has 0 amide bonds. The number of aliphatic hydroxyl groups excluding tert-OH is 1. The van der Waals surface area contributed by atoms with Crippen molar-refractivity contribution in [3.63, 3.8) is 0 Å². The van der Waals surface area contributed by atoms with Crippen LogP contribution in [0.1, 0.15) is 105 Å². The third-order valence-electron chi connectivity index (χ3n) is 5.19. The van der Waals surface area contributed by atoms with Crippen LogP contribution in [0.15, 0.2) is 0 Å². The summed E-state index contributed by atoms with van der Waals surface area (Å²) in [5, 5.41) is 9.18. The Morgan fingerprint density at radius 2 is 1.05 bits per heavy atom. The van der Waals surface area contributed by atoms with Crippen molar-refractivity contribution in [1.82, 2.24) is 0 Å². The largest absolute Gasteiger partial charge is 0.396 e. The van der Waals surface area contributed by atoms with Crippen molar-refractivity contribution in [3.8, 4) is 0 Å². The monoisotopic (exact) mass is 298 g/mol. The topological polar surface area (TPSA) is 20.2 Å². The highest BCUT2D eigenvalue weighted by molar-refractivity contribution is 4.70. The molecule has 0 aliphatic heterocycles. The van der Waals surface area contributed by atoms with Crippen molar-refractivity contribution >= 4 is 0 Å². The van der Waals surface area contributed by atoms with Crippen LogP contribution in [0.3, 0.4) is 0 Å². The fourth-order valence-corrected chi connectivity index (χ4v) is 3.62. The minimum absolute atomic E-state index is 0.369. The van der Waals surface area contributed by atoms with E-state index in [-0.39, 0.29) is 0 Å². The van der Waals surface area contributed by atoms with E-state index < -0.39 is 0 Å². The van der Waals surface area contributed by atoms with E-state index >= 15 is 0 Å². The highest BCUT2D eigenvalue weighted by Gasteiger charge is 2.18. The molecule has 21 heavy (non-hydrogen) atoms. The molecule has 0 spiro atoms. The molecule has 0 aliphatic carbocycles. The highest BCUT2D eigenvalue weighted by atomic mass is 16.2. The SMILES string of the molecule is CCCCC(CC)CC(CCCO)CC(CC)CCCC. The molecule has 0 saturated carbocycles. The quantitative estimate of drug-likeness (QED) is 0.361. The van der Waals surface area contributed by atoms with E-state index in [9.17, 15) is 5.11 Å². The van der Waals surface area contributed by atoms with Gasteiger partial charge in [-0.2, -0.15) is 0 Å². The van der Waals surface area contributed by atoms with Crippen LogP contribution >= 0.6 is 0 Å². The number of unbranched alkanes of at least 4 members (excludes halogenated alkanes) is 2. The van der Waals surface area contributed by atoms with E-state index in [0.717, 1.165) is 24.2 Å². The highest BCUT2D eigenvalue weighted by Crippen LogP contribution is 2.31. The van der Waals surface area contributed by atoms with Gasteiger partial charge in [-0.05, 0) is 43.4 Å². The Kier molecular flexibility index (Phi) is 14.9. The molecule has 0 fully saturated rings. The van der Waals surface area contributed by atoms with Crippen LogP contribution in [0.25, 0.3) is 0 Å². The summed E-state index contributed by atoms with van der Waals surface area (Å²) in [5.74, 6) is 2.68. The molecular weight excluding hydrogens is 256 g/mol. The molecule has 0 bridgehead atoms. The molecule has 128 valence electrons. The molecule has 0 rings (SSSR count). The zero-order valence-corrected chi connectivity index (χ0v) is 15.4. The van der Waals surface area contributed by atoms with E-state index in [1.165, 1.54) is 70.6 Å².